The molecule has 2 aromatic rings. The number of carbonyl (C=O) groups excluding carboxylic acids is 1. The molecule has 3 heteroatoms. The smallest absolute Gasteiger partial charge is 0.193 e. The van der Waals surface area contributed by atoms with Crippen molar-refractivity contribution in [1.82, 2.24) is 10.2 Å². The van der Waals surface area contributed by atoms with E-state index in [2.05, 4.69) is 29.3 Å². The SMILES string of the molecule is CC(CN1CCNCC1)c1ccc(C(=O)c2ccccc2)cc1. The lowest BCUT2D eigenvalue weighted by Gasteiger charge is -2.29. The maximum absolute atomic E-state index is 12.4. The van der Waals surface area contributed by atoms with E-state index in [1.165, 1.54) is 5.56 Å². The Bertz CT molecular complexity index is 630. The zero-order chi connectivity index (χ0) is 16.1. The van der Waals surface area contributed by atoms with Crippen molar-refractivity contribution in [1.29, 1.82) is 0 Å². The van der Waals surface area contributed by atoms with Gasteiger partial charge in [-0.05, 0) is 11.5 Å². The molecule has 0 amide bonds. The van der Waals surface area contributed by atoms with Gasteiger partial charge in [-0.25, -0.2) is 0 Å². The zero-order valence-corrected chi connectivity index (χ0v) is 13.7. The topological polar surface area (TPSA) is 32.3 Å². The van der Waals surface area contributed by atoms with Gasteiger partial charge in [-0.1, -0.05) is 61.5 Å². The quantitative estimate of drug-likeness (QED) is 0.862. The van der Waals surface area contributed by atoms with Gasteiger partial charge in [-0.15, -0.1) is 0 Å². The highest BCUT2D eigenvalue weighted by Gasteiger charge is 2.15. The van der Waals surface area contributed by atoms with Crippen LogP contribution < -0.4 is 5.32 Å². The molecular weight excluding hydrogens is 284 g/mol. The predicted molar refractivity (Wildman–Crippen MR) is 94.0 cm³/mol. The molecule has 1 fully saturated rings. The number of ketones is 1. The standard InChI is InChI=1S/C20H24N2O/c1-16(15-22-13-11-21-12-14-22)17-7-9-19(10-8-17)20(23)18-5-3-2-4-6-18/h2-10,16,21H,11-15H2,1H3. The van der Waals surface area contributed by atoms with Crippen LogP contribution in [0.2, 0.25) is 0 Å². The molecule has 1 atom stereocenters. The van der Waals surface area contributed by atoms with Crippen molar-refractivity contribution in [2.45, 2.75) is 12.8 Å². The molecular formula is C20H24N2O. The summed E-state index contributed by atoms with van der Waals surface area (Å²) in [4.78, 5) is 14.9. The molecule has 0 aromatic heterocycles. The first-order chi connectivity index (χ1) is 11.2. The maximum atomic E-state index is 12.4. The first-order valence-corrected chi connectivity index (χ1v) is 8.37. The summed E-state index contributed by atoms with van der Waals surface area (Å²) in [6, 6.07) is 17.6. The Kier molecular flexibility index (Phi) is 5.21. The lowest BCUT2D eigenvalue weighted by Crippen LogP contribution is -2.44. The van der Waals surface area contributed by atoms with E-state index < -0.39 is 0 Å². The first-order valence-electron chi connectivity index (χ1n) is 8.37. The number of carbonyl (C=O) groups is 1. The van der Waals surface area contributed by atoms with Gasteiger partial charge in [0.15, 0.2) is 5.78 Å². The van der Waals surface area contributed by atoms with Crippen LogP contribution in [0.25, 0.3) is 0 Å². The van der Waals surface area contributed by atoms with Gasteiger partial charge >= 0.3 is 0 Å². The van der Waals surface area contributed by atoms with Crippen LogP contribution in [0.3, 0.4) is 0 Å². The summed E-state index contributed by atoms with van der Waals surface area (Å²) < 4.78 is 0. The first kappa shape index (κ1) is 15.9. The van der Waals surface area contributed by atoms with E-state index in [4.69, 9.17) is 0 Å². The second kappa shape index (κ2) is 7.53. The van der Waals surface area contributed by atoms with Crippen molar-refractivity contribution in [2.75, 3.05) is 32.7 Å². The third-order valence-electron chi connectivity index (χ3n) is 4.52. The van der Waals surface area contributed by atoms with E-state index in [0.29, 0.717) is 5.92 Å². The molecule has 1 N–H and O–H groups in total. The predicted octanol–water partition coefficient (Wildman–Crippen LogP) is 2.93. The van der Waals surface area contributed by atoms with Gasteiger partial charge in [-0.2, -0.15) is 0 Å². The normalized spacial score (nSPS) is 16.9. The lowest BCUT2D eigenvalue weighted by atomic mass is 9.96. The molecule has 1 unspecified atom stereocenters. The Hall–Kier alpha value is -1.97. The van der Waals surface area contributed by atoms with Gasteiger partial charge in [0, 0.05) is 43.9 Å². The monoisotopic (exact) mass is 308 g/mol. The van der Waals surface area contributed by atoms with Crippen LogP contribution in [0.15, 0.2) is 54.6 Å². The molecule has 3 nitrogen and oxygen atoms in total. The third-order valence-corrected chi connectivity index (χ3v) is 4.52. The highest BCUT2D eigenvalue weighted by Crippen LogP contribution is 2.19. The summed E-state index contributed by atoms with van der Waals surface area (Å²) in [6.07, 6.45) is 0. The Labute approximate surface area is 138 Å². The van der Waals surface area contributed by atoms with E-state index in [1.807, 2.05) is 42.5 Å². The minimum Gasteiger partial charge on any atom is -0.314 e. The Balaban J connectivity index is 1.65. The molecule has 23 heavy (non-hydrogen) atoms. The highest BCUT2D eigenvalue weighted by atomic mass is 16.1. The van der Waals surface area contributed by atoms with Crippen molar-refractivity contribution >= 4 is 5.78 Å². The number of benzene rings is 2. The van der Waals surface area contributed by atoms with Crippen LogP contribution in [0.5, 0.6) is 0 Å². The summed E-state index contributed by atoms with van der Waals surface area (Å²) in [6.45, 7) is 7.74. The molecule has 1 aliphatic heterocycles. The molecule has 1 saturated heterocycles. The Morgan fingerprint density at radius 2 is 1.61 bits per heavy atom. The summed E-state index contributed by atoms with van der Waals surface area (Å²) in [5.41, 5.74) is 2.80. The van der Waals surface area contributed by atoms with Gasteiger partial charge in [0.2, 0.25) is 0 Å². The van der Waals surface area contributed by atoms with Crippen LogP contribution in [-0.2, 0) is 0 Å². The molecule has 120 valence electrons. The van der Waals surface area contributed by atoms with Crippen molar-refractivity contribution in [3.05, 3.63) is 71.3 Å². The number of piperazine rings is 1. The second-order valence-corrected chi connectivity index (χ2v) is 6.27. The highest BCUT2D eigenvalue weighted by molar-refractivity contribution is 6.08. The number of hydrogen-bond acceptors (Lipinski definition) is 3. The van der Waals surface area contributed by atoms with Crippen molar-refractivity contribution in [3.63, 3.8) is 0 Å². The molecule has 0 saturated carbocycles. The van der Waals surface area contributed by atoms with E-state index >= 15 is 0 Å². The summed E-state index contributed by atoms with van der Waals surface area (Å²) in [5.74, 6) is 0.570. The second-order valence-electron chi connectivity index (χ2n) is 6.27. The largest absolute Gasteiger partial charge is 0.314 e. The van der Waals surface area contributed by atoms with Crippen LogP contribution >= 0.6 is 0 Å². The number of hydrogen-bond donors (Lipinski definition) is 1. The van der Waals surface area contributed by atoms with E-state index in [1.54, 1.807) is 0 Å². The maximum Gasteiger partial charge on any atom is 0.193 e. The molecule has 2 aromatic carbocycles. The fourth-order valence-corrected chi connectivity index (χ4v) is 3.11. The third kappa shape index (κ3) is 4.06. The average molecular weight is 308 g/mol. The van der Waals surface area contributed by atoms with E-state index in [0.717, 1.165) is 43.9 Å². The molecule has 0 spiro atoms. The van der Waals surface area contributed by atoms with Crippen LogP contribution in [-0.4, -0.2) is 43.4 Å². The average Bonchev–Trinajstić information content (AvgIpc) is 2.63. The molecule has 1 aliphatic rings. The van der Waals surface area contributed by atoms with Gasteiger partial charge in [0.05, 0.1) is 0 Å². The van der Waals surface area contributed by atoms with Gasteiger partial charge in [-0.3, -0.25) is 4.79 Å². The zero-order valence-electron chi connectivity index (χ0n) is 13.7. The molecule has 0 radical (unpaired) electrons. The van der Waals surface area contributed by atoms with Crippen molar-refractivity contribution in [2.24, 2.45) is 0 Å². The van der Waals surface area contributed by atoms with Gasteiger partial charge in [0.25, 0.3) is 0 Å². The molecule has 3 rings (SSSR count). The number of nitrogens with zero attached hydrogens (tertiary/aromatic N) is 1. The molecule has 0 aliphatic carbocycles. The number of nitrogens with one attached hydrogen (secondary N) is 1. The van der Waals surface area contributed by atoms with E-state index in [-0.39, 0.29) is 5.78 Å². The van der Waals surface area contributed by atoms with Crippen LogP contribution in [0.4, 0.5) is 0 Å². The number of rotatable bonds is 5. The van der Waals surface area contributed by atoms with Gasteiger partial charge < -0.3 is 10.2 Å². The summed E-state index contributed by atoms with van der Waals surface area (Å²) in [7, 11) is 0. The summed E-state index contributed by atoms with van der Waals surface area (Å²) >= 11 is 0. The Morgan fingerprint density at radius 1 is 1.00 bits per heavy atom. The molecule has 0 bridgehead atoms. The summed E-state index contributed by atoms with van der Waals surface area (Å²) in [5, 5.41) is 3.38. The molecule has 1 heterocycles. The van der Waals surface area contributed by atoms with E-state index in [9.17, 15) is 4.79 Å². The Morgan fingerprint density at radius 3 is 2.26 bits per heavy atom. The fourth-order valence-electron chi connectivity index (χ4n) is 3.11. The minimum absolute atomic E-state index is 0.0897. The van der Waals surface area contributed by atoms with Gasteiger partial charge in [0.1, 0.15) is 0 Å². The minimum atomic E-state index is 0.0897. The van der Waals surface area contributed by atoms with Crippen LogP contribution in [0.1, 0.15) is 34.3 Å². The van der Waals surface area contributed by atoms with Crippen molar-refractivity contribution in [3.8, 4) is 0 Å². The van der Waals surface area contributed by atoms with Crippen LogP contribution in [0, 0.1) is 0 Å². The lowest BCUT2D eigenvalue weighted by molar-refractivity contribution is 0.103. The van der Waals surface area contributed by atoms with Crippen molar-refractivity contribution < 1.29 is 4.79 Å². The fraction of sp³-hybridized carbons (Fsp3) is 0.350.